The maximum atomic E-state index is 13.5. The van der Waals surface area contributed by atoms with Gasteiger partial charge in [0, 0.05) is 35.2 Å². The summed E-state index contributed by atoms with van der Waals surface area (Å²) in [5.41, 5.74) is 1.85. The average molecular weight is 454 g/mol. The average Bonchev–Trinajstić information content (AvgIpc) is 3.38. The molecule has 2 aromatic heterocycles. The molecular formula is C23H24ClN5O3. The lowest BCUT2D eigenvalue weighted by molar-refractivity contribution is -0.126. The fourth-order valence-electron chi connectivity index (χ4n) is 4.04. The molecule has 2 heterocycles. The minimum atomic E-state index is -0.944. The van der Waals surface area contributed by atoms with Crippen LogP contribution in [0.25, 0.3) is 11.3 Å². The molecule has 1 atom stereocenters. The number of rotatable bonds is 7. The highest BCUT2D eigenvalue weighted by molar-refractivity contribution is 6.29. The molecule has 0 bridgehead atoms. The highest BCUT2D eigenvalue weighted by Crippen LogP contribution is 2.30. The largest absolute Gasteiger partial charge is 0.444 e. The van der Waals surface area contributed by atoms with Gasteiger partial charge in [-0.2, -0.15) is 0 Å². The van der Waals surface area contributed by atoms with Crippen LogP contribution in [0.2, 0.25) is 0 Å². The molecule has 0 aliphatic heterocycles. The second-order valence-corrected chi connectivity index (χ2v) is 8.00. The van der Waals surface area contributed by atoms with Crippen LogP contribution >= 0.6 is 11.6 Å². The Balaban J connectivity index is 1.69. The highest BCUT2D eigenvalue weighted by atomic mass is 35.5. The summed E-state index contributed by atoms with van der Waals surface area (Å²) in [7, 11) is 0. The third-order valence-electron chi connectivity index (χ3n) is 5.60. The van der Waals surface area contributed by atoms with Crippen LogP contribution in [0.5, 0.6) is 0 Å². The third-order valence-corrected chi connectivity index (χ3v) is 5.83. The van der Waals surface area contributed by atoms with E-state index in [4.69, 9.17) is 16.0 Å². The molecule has 1 unspecified atom stereocenters. The summed E-state index contributed by atoms with van der Waals surface area (Å²) >= 11 is 5.96. The number of nitrogens with zero attached hydrogens (tertiary/aromatic N) is 4. The van der Waals surface area contributed by atoms with E-state index in [0.717, 1.165) is 31.2 Å². The van der Waals surface area contributed by atoms with Gasteiger partial charge in [0.2, 0.25) is 11.8 Å². The van der Waals surface area contributed by atoms with Crippen molar-refractivity contribution >= 4 is 29.1 Å². The number of hydrogen-bond acceptors (Lipinski definition) is 6. The predicted octanol–water partition coefficient (Wildman–Crippen LogP) is 3.89. The molecule has 166 valence electrons. The van der Waals surface area contributed by atoms with Crippen molar-refractivity contribution in [3.05, 3.63) is 61.1 Å². The monoisotopic (exact) mass is 453 g/mol. The Morgan fingerprint density at radius 1 is 1.06 bits per heavy atom. The summed E-state index contributed by atoms with van der Waals surface area (Å²) in [6.45, 7) is 0. The fourth-order valence-corrected chi connectivity index (χ4v) is 4.17. The van der Waals surface area contributed by atoms with Crippen molar-refractivity contribution in [1.82, 2.24) is 20.3 Å². The molecule has 1 fully saturated rings. The Labute approximate surface area is 191 Å². The lowest BCUT2D eigenvalue weighted by Crippen LogP contribution is -2.47. The van der Waals surface area contributed by atoms with Crippen molar-refractivity contribution in [2.24, 2.45) is 0 Å². The molecule has 4 rings (SSSR count). The Kier molecular flexibility index (Phi) is 7.11. The van der Waals surface area contributed by atoms with Gasteiger partial charge in [-0.15, -0.1) is 11.6 Å². The molecule has 1 aromatic carbocycles. The van der Waals surface area contributed by atoms with Gasteiger partial charge in [0.25, 0.3) is 0 Å². The number of anilines is 1. The molecule has 0 radical (unpaired) electrons. The van der Waals surface area contributed by atoms with E-state index < -0.39 is 11.9 Å². The van der Waals surface area contributed by atoms with Crippen LogP contribution in [0.3, 0.4) is 0 Å². The predicted molar refractivity (Wildman–Crippen MR) is 120 cm³/mol. The van der Waals surface area contributed by atoms with E-state index in [-0.39, 0.29) is 17.8 Å². The molecule has 9 heteroatoms. The summed E-state index contributed by atoms with van der Waals surface area (Å²) < 4.78 is 5.33. The first kappa shape index (κ1) is 22.0. The van der Waals surface area contributed by atoms with E-state index in [2.05, 4.69) is 20.3 Å². The van der Waals surface area contributed by atoms with Crippen LogP contribution in [0, 0.1) is 0 Å². The molecule has 1 aliphatic rings. The minimum absolute atomic E-state index is 0.0881. The molecule has 1 aliphatic carbocycles. The van der Waals surface area contributed by atoms with Crippen LogP contribution in [0.1, 0.15) is 43.7 Å². The zero-order chi connectivity index (χ0) is 22.3. The third kappa shape index (κ3) is 4.96. The fraction of sp³-hybridized carbons (Fsp3) is 0.348. The zero-order valence-electron chi connectivity index (χ0n) is 17.5. The SMILES string of the molecule is O=C(NC1CCCCC1)C(c1cncnc1)N(C(=O)CCl)c1ccc(-c2cnco2)cc1. The zero-order valence-corrected chi connectivity index (χ0v) is 18.2. The number of amides is 2. The van der Waals surface area contributed by atoms with Crippen molar-refractivity contribution in [3.63, 3.8) is 0 Å². The lowest BCUT2D eigenvalue weighted by atomic mass is 9.95. The van der Waals surface area contributed by atoms with Crippen LogP contribution < -0.4 is 10.2 Å². The van der Waals surface area contributed by atoms with Gasteiger partial charge in [0.05, 0.1) is 6.20 Å². The minimum Gasteiger partial charge on any atom is -0.444 e. The first-order valence-electron chi connectivity index (χ1n) is 10.6. The molecule has 1 saturated carbocycles. The molecule has 0 saturated heterocycles. The first-order chi connectivity index (χ1) is 15.7. The quantitative estimate of drug-likeness (QED) is 0.544. The normalized spacial score (nSPS) is 15.2. The molecule has 0 spiro atoms. The Morgan fingerprint density at radius 2 is 1.78 bits per heavy atom. The van der Waals surface area contributed by atoms with Crippen LogP contribution in [0.4, 0.5) is 5.69 Å². The Morgan fingerprint density at radius 3 is 2.41 bits per heavy atom. The topological polar surface area (TPSA) is 101 Å². The van der Waals surface area contributed by atoms with Gasteiger partial charge in [-0.25, -0.2) is 15.0 Å². The summed E-state index contributed by atoms with van der Waals surface area (Å²) in [5, 5.41) is 3.13. The van der Waals surface area contributed by atoms with E-state index in [9.17, 15) is 9.59 Å². The van der Waals surface area contributed by atoms with Crippen LogP contribution in [-0.4, -0.2) is 38.7 Å². The molecule has 32 heavy (non-hydrogen) atoms. The smallest absolute Gasteiger partial charge is 0.248 e. The second-order valence-electron chi connectivity index (χ2n) is 7.73. The molecule has 1 N–H and O–H groups in total. The Bertz CT molecular complexity index is 1020. The van der Waals surface area contributed by atoms with Gasteiger partial charge in [0.15, 0.2) is 12.2 Å². The molecule has 3 aromatic rings. The van der Waals surface area contributed by atoms with Crippen molar-refractivity contribution in [2.75, 3.05) is 10.8 Å². The number of nitrogens with one attached hydrogen (secondary N) is 1. The number of benzene rings is 1. The second kappa shape index (κ2) is 10.4. The number of halogens is 1. The number of oxazole rings is 1. The number of carbonyl (C=O) groups is 2. The molecule has 2 amide bonds. The van der Waals surface area contributed by atoms with Crippen LogP contribution in [-0.2, 0) is 9.59 Å². The summed E-state index contributed by atoms with van der Waals surface area (Å²) in [4.78, 5) is 39.9. The van der Waals surface area contributed by atoms with E-state index in [1.165, 1.54) is 24.0 Å². The summed E-state index contributed by atoms with van der Waals surface area (Å²) in [6, 6.07) is 6.27. The van der Waals surface area contributed by atoms with Crippen molar-refractivity contribution in [1.29, 1.82) is 0 Å². The van der Waals surface area contributed by atoms with E-state index in [1.807, 2.05) is 12.1 Å². The molecular weight excluding hydrogens is 430 g/mol. The standard InChI is InChI=1S/C23H24ClN5O3/c24-10-21(30)29(19-8-6-16(7-9-19)20-13-27-15-32-20)22(17-11-25-14-26-12-17)23(31)28-18-4-2-1-3-5-18/h6-9,11-15,18,22H,1-5,10H2,(H,28,31). The maximum Gasteiger partial charge on any atom is 0.248 e. The number of aromatic nitrogens is 3. The summed E-state index contributed by atoms with van der Waals surface area (Å²) in [6.07, 6.45) is 12.7. The van der Waals surface area contributed by atoms with Gasteiger partial charge in [-0.3, -0.25) is 14.5 Å². The highest BCUT2D eigenvalue weighted by Gasteiger charge is 2.34. The van der Waals surface area contributed by atoms with E-state index in [0.29, 0.717) is 17.0 Å². The molecule has 8 nitrogen and oxygen atoms in total. The van der Waals surface area contributed by atoms with Gasteiger partial charge in [-0.05, 0) is 37.1 Å². The summed E-state index contributed by atoms with van der Waals surface area (Å²) in [5.74, 6) is -0.337. The number of carbonyl (C=O) groups excluding carboxylic acids is 2. The van der Waals surface area contributed by atoms with E-state index in [1.54, 1.807) is 30.7 Å². The number of alkyl halides is 1. The number of hydrogen-bond donors (Lipinski definition) is 1. The van der Waals surface area contributed by atoms with Crippen molar-refractivity contribution < 1.29 is 14.0 Å². The van der Waals surface area contributed by atoms with Gasteiger partial charge >= 0.3 is 0 Å². The van der Waals surface area contributed by atoms with Crippen LogP contribution in [0.15, 0.2) is 60.0 Å². The Hall–Kier alpha value is -3.26. The van der Waals surface area contributed by atoms with Gasteiger partial charge in [-0.1, -0.05) is 19.3 Å². The lowest BCUT2D eigenvalue weighted by Gasteiger charge is -2.32. The van der Waals surface area contributed by atoms with E-state index >= 15 is 0 Å². The van der Waals surface area contributed by atoms with Crippen molar-refractivity contribution in [2.45, 2.75) is 44.2 Å². The van der Waals surface area contributed by atoms with Gasteiger partial charge < -0.3 is 9.73 Å². The van der Waals surface area contributed by atoms with Crippen molar-refractivity contribution in [3.8, 4) is 11.3 Å². The first-order valence-corrected chi connectivity index (χ1v) is 11.1. The van der Waals surface area contributed by atoms with Gasteiger partial charge in [0.1, 0.15) is 18.2 Å². The maximum absolute atomic E-state index is 13.5.